The van der Waals surface area contributed by atoms with E-state index in [1.807, 2.05) is 38.1 Å². The first-order valence-electron chi connectivity index (χ1n) is 6.14. The second-order valence-electron chi connectivity index (χ2n) is 5.34. The summed E-state index contributed by atoms with van der Waals surface area (Å²) in [7, 11) is 0. The van der Waals surface area contributed by atoms with Gasteiger partial charge in [-0.3, -0.25) is 10.1 Å². The third-order valence-electron chi connectivity index (χ3n) is 3.12. The molecule has 1 saturated heterocycles. The topological polar surface area (TPSA) is 56.1 Å². The largest absolute Gasteiger partial charge is 0.309 e. The average Bonchev–Trinajstić information content (AvgIpc) is 2.34. The average molecular weight is 322 g/mol. The molecule has 1 aliphatic heterocycles. The first kappa shape index (κ1) is 14.0. The van der Waals surface area contributed by atoms with Gasteiger partial charge in [0.25, 0.3) is 0 Å². The highest BCUT2D eigenvalue weighted by Crippen LogP contribution is 2.25. The highest BCUT2D eigenvalue weighted by Gasteiger charge is 2.38. The molecule has 1 heterocycles. The molecule has 1 aromatic rings. The Labute approximate surface area is 121 Å². The molecular formula is C14H16BrN3O. The van der Waals surface area contributed by atoms with E-state index in [4.69, 9.17) is 5.26 Å². The zero-order chi connectivity index (χ0) is 14.0. The van der Waals surface area contributed by atoms with Crippen LogP contribution in [0.5, 0.6) is 0 Å². The lowest BCUT2D eigenvalue weighted by atomic mass is 9.96. The van der Waals surface area contributed by atoms with Gasteiger partial charge in [-0.2, -0.15) is 5.26 Å². The maximum Gasteiger partial charge on any atom is 0.245 e. The molecule has 100 valence electrons. The summed E-state index contributed by atoms with van der Waals surface area (Å²) in [6.07, 6.45) is 0.190. The molecule has 0 bridgehead atoms. The Morgan fingerprint density at radius 3 is 2.68 bits per heavy atom. The van der Waals surface area contributed by atoms with Crippen LogP contribution in [-0.2, 0) is 4.79 Å². The van der Waals surface area contributed by atoms with Crippen LogP contribution >= 0.6 is 15.9 Å². The van der Waals surface area contributed by atoms with E-state index in [0.29, 0.717) is 6.54 Å². The van der Waals surface area contributed by atoms with Crippen molar-refractivity contribution in [2.24, 2.45) is 0 Å². The molecule has 1 N–H and O–H groups in total. The standard InChI is InChI=1S/C14H16BrN3O/c1-14(2)9-18(11-5-3-10(15)4-6-11)13(19)12(17-14)7-8-16/h3-6,12,17H,7,9H2,1-2H3. The Balaban J connectivity index is 2.30. The Morgan fingerprint density at radius 2 is 2.11 bits per heavy atom. The third-order valence-corrected chi connectivity index (χ3v) is 3.64. The van der Waals surface area contributed by atoms with Gasteiger partial charge in [0.1, 0.15) is 6.04 Å². The quantitative estimate of drug-likeness (QED) is 0.910. The number of piperazine rings is 1. The number of carbonyl (C=O) groups is 1. The number of halogens is 1. The van der Waals surface area contributed by atoms with Crippen LogP contribution in [0.1, 0.15) is 20.3 Å². The van der Waals surface area contributed by atoms with Crippen LogP contribution < -0.4 is 10.2 Å². The van der Waals surface area contributed by atoms with E-state index in [-0.39, 0.29) is 17.9 Å². The predicted molar refractivity (Wildman–Crippen MR) is 77.7 cm³/mol. The van der Waals surface area contributed by atoms with E-state index >= 15 is 0 Å². The summed E-state index contributed by atoms with van der Waals surface area (Å²) < 4.78 is 0.978. The fourth-order valence-corrected chi connectivity index (χ4v) is 2.57. The minimum absolute atomic E-state index is 0.0387. The number of nitriles is 1. The van der Waals surface area contributed by atoms with Crippen LogP contribution in [0.4, 0.5) is 5.69 Å². The molecule has 4 nitrogen and oxygen atoms in total. The number of benzene rings is 1. The van der Waals surface area contributed by atoms with E-state index < -0.39 is 6.04 Å². The maximum absolute atomic E-state index is 12.4. The highest BCUT2D eigenvalue weighted by atomic mass is 79.9. The van der Waals surface area contributed by atoms with Gasteiger partial charge in [-0.1, -0.05) is 15.9 Å². The van der Waals surface area contributed by atoms with Crippen LogP contribution in [0, 0.1) is 11.3 Å². The van der Waals surface area contributed by atoms with Gasteiger partial charge in [0.2, 0.25) is 5.91 Å². The predicted octanol–water partition coefficient (Wildman–Crippen LogP) is 2.45. The first-order valence-corrected chi connectivity index (χ1v) is 6.94. The smallest absolute Gasteiger partial charge is 0.245 e. The molecule has 1 fully saturated rings. The van der Waals surface area contributed by atoms with Crippen LogP contribution in [0.2, 0.25) is 0 Å². The zero-order valence-corrected chi connectivity index (χ0v) is 12.6. The summed E-state index contributed by atoms with van der Waals surface area (Å²) in [6, 6.07) is 9.28. The minimum Gasteiger partial charge on any atom is -0.309 e. The van der Waals surface area contributed by atoms with Crippen molar-refractivity contribution in [3.05, 3.63) is 28.7 Å². The van der Waals surface area contributed by atoms with Crippen molar-refractivity contribution in [3.8, 4) is 6.07 Å². The molecular weight excluding hydrogens is 306 g/mol. The minimum atomic E-state index is -0.433. The molecule has 0 saturated carbocycles. The number of anilines is 1. The van der Waals surface area contributed by atoms with Gasteiger partial charge in [-0.15, -0.1) is 0 Å². The number of nitrogens with one attached hydrogen (secondary N) is 1. The molecule has 1 atom stereocenters. The van der Waals surface area contributed by atoms with E-state index in [1.54, 1.807) is 4.90 Å². The molecule has 1 unspecified atom stereocenters. The summed E-state index contributed by atoms with van der Waals surface area (Å²) in [5.41, 5.74) is 0.661. The van der Waals surface area contributed by atoms with Crippen LogP contribution in [0.15, 0.2) is 28.7 Å². The summed E-state index contributed by atoms with van der Waals surface area (Å²) in [5.74, 6) is -0.0387. The van der Waals surface area contributed by atoms with Crippen LogP contribution in [0.25, 0.3) is 0 Å². The Morgan fingerprint density at radius 1 is 1.47 bits per heavy atom. The fourth-order valence-electron chi connectivity index (χ4n) is 2.31. The van der Waals surface area contributed by atoms with Crippen LogP contribution in [0.3, 0.4) is 0 Å². The monoisotopic (exact) mass is 321 g/mol. The molecule has 2 rings (SSSR count). The van der Waals surface area contributed by atoms with Gasteiger partial charge in [-0.05, 0) is 38.1 Å². The molecule has 0 aromatic heterocycles. The molecule has 5 heteroatoms. The lowest BCUT2D eigenvalue weighted by Gasteiger charge is -2.42. The number of amides is 1. The van der Waals surface area contributed by atoms with Gasteiger partial charge >= 0.3 is 0 Å². The van der Waals surface area contributed by atoms with Gasteiger partial charge in [-0.25, -0.2) is 0 Å². The number of hydrogen-bond acceptors (Lipinski definition) is 3. The first-order chi connectivity index (χ1) is 8.93. The summed E-state index contributed by atoms with van der Waals surface area (Å²) in [5, 5.41) is 12.1. The summed E-state index contributed by atoms with van der Waals surface area (Å²) in [6.45, 7) is 4.67. The van der Waals surface area contributed by atoms with E-state index in [2.05, 4.69) is 27.3 Å². The molecule has 1 aliphatic rings. The van der Waals surface area contributed by atoms with Gasteiger partial charge in [0, 0.05) is 22.2 Å². The second kappa shape index (κ2) is 5.32. The number of carbonyl (C=O) groups excluding carboxylic acids is 1. The van der Waals surface area contributed by atoms with Crippen molar-refractivity contribution in [2.75, 3.05) is 11.4 Å². The molecule has 1 amide bonds. The molecule has 1 aromatic carbocycles. The number of nitrogens with zero attached hydrogens (tertiary/aromatic N) is 2. The van der Waals surface area contributed by atoms with E-state index in [9.17, 15) is 4.79 Å². The lowest BCUT2D eigenvalue weighted by Crippen LogP contribution is -2.65. The van der Waals surface area contributed by atoms with Crippen molar-refractivity contribution < 1.29 is 4.79 Å². The van der Waals surface area contributed by atoms with E-state index in [0.717, 1.165) is 10.2 Å². The number of rotatable bonds is 2. The van der Waals surface area contributed by atoms with Crippen molar-refractivity contribution in [1.29, 1.82) is 5.26 Å². The Kier molecular flexibility index (Phi) is 3.93. The molecule has 0 radical (unpaired) electrons. The Hall–Kier alpha value is -1.38. The van der Waals surface area contributed by atoms with Gasteiger partial charge < -0.3 is 4.90 Å². The second-order valence-corrected chi connectivity index (χ2v) is 6.26. The highest BCUT2D eigenvalue weighted by molar-refractivity contribution is 9.10. The molecule has 0 spiro atoms. The summed E-state index contributed by atoms with van der Waals surface area (Å²) in [4.78, 5) is 14.1. The zero-order valence-electron chi connectivity index (χ0n) is 11.0. The normalized spacial score (nSPS) is 22.1. The van der Waals surface area contributed by atoms with Crippen molar-refractivity contribution in [3.63, 3.8) is 0 Å². The molecule has 19 heavy (non-hydrogen) atoms. The Bertz CT molecular complexity index is 518. The molecule has 0 aliphatic carbocycles. The summed E-state index contributed by atoms with van der Waals surface area (Å²) >= 11 is 3.38. The SMILES string of the molecule is CC1(C)CN(c2ccc(Br)cc2)C(=O)C(CC#N)N1. The maximum atomic E-state index is 12.4. The lowest BCUT2D eigenvalue weighted by molar-refractivity contribution is -0.122. The van der Waals surface area contributed by atoms with Gasteiger partial charge in [0.05, 0.1) is 12.5 Å². The van der Waals surface area contributed by atoms with Crippen molar-refractivity contribution >= 4 is 27.5 Å². The fraction of sp³-hybridized carbons (Fsp3) is 0.429. The third kappa shape index (κ3) is 3.14. The number of hydrogen-bond donors (Lipinski definition) is 1. The van der Waals surface area contributed by atoms with E-state index in [1.165, 1.54) is 0 Å². The van der Waals surface area contributed by atoms with Crippen molar-refractivity contribution in [1.82, 2.24) is 5.32 Å². The van der Waals surface area contributed by atoms with Crippen molar-refractivity contribution in [2.45, 2.75) is 31.8 Å². The van der Waals surface area contributed by atoms with Gasteiger partial charge in [0.15, 0.2) is 0 Å². The van der Waals surface area contributed by atoms with Crippen LogP contribution in [-0.4, -0.2) is 24.0 Å².